The maximum Gasteiger partial charge on any atom is 0.270 e. The zero-order chi connectivity index (χ0) is 24.6. The van der Waals surface area contributed by atoms with E-state index in [4.69, 9.17) is 0 Å². The molecule has 8 heteroatoms. The van der Waals surface area contributed by atoms with Gasteiger partial charge in [0.1, 0.15) is 0 Å². The van der Waals surface area contributed by atoms with Gasteiger partial charge in [-0.2, -0.15) is 10.2 Å². The van der Waals surface area contributed by atoms with Crippen molar-refractivity contribution in [1.82, 2.24) is 9.78 Å². The minimum Gasteiger partial charge on any atom is -0.850 e. The van der Waals surface area contributed by atoms with Crippen LogP contribution in [0.15, 0.2) is 69.6 Å². The molecule has 1 heterocycles. The van der Waals surface area contributed by atoms with Crippen molar-refractivity contribution in [2.24, 2.45) is 10.2 Å². The van der Waals surface area contributed by atoms with Gasteiger partial charge in [0.2, 0.25) is 0 Å². The highest BCUT2D eigenvalue weighted by atomic mass is 16.3. The van der Waals surface area contributed by atoms with Gasteiger partial charge in [-0.05, 0) is 69.0 Å². The van der Waals surface area contributed by atoms with E-state index >= 15 is 0 Å². The molecule has 8 nitrogen and oxygen atoms in total. The van der Waals surface area contributed by atoms with Crippen molar-refractivity contribution in [2.75, 3.05) is 5.32 Å². The fraction of sp³-hybridized carbons (Fsp3) is 0.423. The third-order valence-corrected chi connectivity index (χ3v) is 6.19. The topological polar surface area (TPSA) is 121 Å². The lowest BCUT2D eigenvalue weighted by atomic mass is 9.69. The Labute approximate surface area is 199 Å². The number of hydrogen-bond donors (Lipinski definition) is 2. The molecular formula is C26H31N5O3-2. The Kier molecular flexibility index (Phi) is 6.47. The molecule has 2 unspecified atom stereocenters. The monoisotopic (exact) mass is 461 g/mol. The molecule has 0 radical (unpaired) electrons. The normalized spacial score (nSPS) is 22.8. The third kappa shape index (κ3) is 4.56. The van der Waals surface area contributed by atoms with Gasteiger partial charge in [0, 0.05) is 23.0 Å². The summed E-state index contributed by atoms with van der Waals surface area (Å²) in [4.78, 5) is 13.1. The summed E-state index contributed by atoms with van der Waals surface area (Å²) >= 11 is 0. The van der Waals surface area contributed by atoms with Gasteiger partial charge in [-0.15, -0.1) is 12.2 Å². The number of nitrogens with zero attached hydrogens (tertiary/aromatic N) is 3. The van der Waals surface area contributed by atoms with E-state index in [0.717, 1.165) is 5.69 Å². The van der Waals surface area contributed by atoms with Crippen LogP contribution in [0.2, 0.25) is 0 Å². The summed E-state index contributed by atoms with van der Waals surface area (Å²) in [5.41, 5.74) is 2.36. The lowest BCUT2D eigenvalue weighted by Gasteiger charge is -2.61. The molecule has 2 aromatic carbocycles. The minimum absolute atomic E-state index is 0.00435. The Morgan fingerprint density at radius 3 is 2.03 bits per heavy atom. The largest absolute Gasteiger partial charge is 0.850 e. The van der Waals surface area contributed by atoms with Crippen LogP contribution in [0.1, 0.15) is 57.7 Å². The van der Waals surface area contributed by atoms with Crippen LogP contribution in [-0.2, 0) is 5.54 Å². The van der Waals surface area contributed by atoms with E-state index < -0.39 is 29.7 Å². The number of azo groups is 1. The molecule has 34 heavy (non-hydrogen) atoms. The number of anilines is 1. The van der Waals surface area contributed by atoms with Crippen molar-refractivity contribution < 1.29 is 10.2 Å². The molecule has 1 aliphatic carbocycles. The Bertz CT molecular complexity index is 1200. The van der Waals surface area contributed by atoms with Crippen molar-refractivity contribution >= 4 is 17.1 Å². The van der Waals surface area contributed by atoms with Gasteiger partial charge in [0.25, 0.3) is 5.56 Å². The van der Waals surface area contributed by atoms with E-state index in [1.54, 1.807) is 24.3 Å². The molecule has 0 amide bonds. The Hall–Kier alpha value is -3.23. The molecule has 1 aliphatic rings. The number of H-pyrrole nitrogens is 1. The van der Waals surface area contributed by atoms with Crippen LogP contribution in [-0.4, -0.2) is 28.0 Å². The van der Waals surface area contributed by atoms with Crippen molar-refractivity contribution in [3.05, 3.63) is 76.2 Å². The van der Waals surface area contributed by atoms with Crippen LogP contribution in [0.4, 0.5) is 17.1 Å². The van der Waals surface area contributed by atoms with E-state index in [2.05, 4.69) is 20.6 Å². The van der Waals surface area contributed by atoms with Crippen molar-refractivity contribution in [3.8, 4) is 0 Å². The second-order valence-electron chi connectivity index (χ2n) is 10.1. The first kappa shape index (κ1) is 23.9. The second-order valence-corrected chi connectivity index (χ2v) is 10.1. The number of aromatic nitrogens is 2. The fourth-order valence-electron chi connectivity index (χ4n) is 4.30. The van der Waals surface area contributed by atoms with Crippen molar-refractivity contribution in [2.45, 2.75) is 70.2 Å². The molecule has 1 aromatic heterocycles. The van der Waals surface area contributed by atoms with E-state index in [0.29, 0.717) is 22.6 Å². The molecule has 0 saturated heterocycles. The summed E-state index contributed by atoms with van der Waals surface area (Å²) in [6, 6.07) is 15.7. The van der Waals surface area contributed by atoms with E-state index in [1.165, 1.54) is 4.68 Å². The van der Waals surface area contributed by atoms with Gasteiger partial charge < -0.3 is 15.5 Å². The molecule has 180 valence electrons. The molecular weight excluding hydrogens is 430 g/mol. The fourth-order valence-corrected chi connectivity index (χ4v) is 4.30. The summed E-state index contributed by atoms with van der Waals surface area (Å²) in [5.74, 6) is -0.878. The van der Waals surface area contributed by atoms with Crippen molar-refractivity contribution in [3.63, 3.8) is 0 Å². The minimum atomic E-state index is -1.21. The molecule has 1 fully saturated rings. The van der Waals surface area contributed by atoms with E-state index in [9.17, 15) is 15.0 Å². The van der Waals surface area contributed by atoms with Gasteiger partial charge in [-0.1, -0.05) is 32.0 Å². The first-order valence-corrected chi connectivity index (χ1v) is 11.6. The van der Waals surface area contributed by atoms with Gasteiger partial charge in [0.15, 0.2) is 0 Å². The lowest BCUT2D eigenvalue weighted by Crippen LogP contribution is -2.72. The standard InChI is InChI=1S/C26H31N5O3/c1-15(2)21-19(25(34)31(30-21)26(3,4)5)20-23(32)22(24(20)33)27-16-11-13-18(14-12-16)29-28-17-9-7-6-8-10-17/h6-15,20,22-24,27,30H,1-5H3/q-2. The maximum atomic E-state index is 13.1. The SMILES string of the molecule is CC(C)c1[nH]n(C(C)(C)C)c(=O)c1C1C([O-])C(Nc2ccc(N=Nc3ccccc3)cc2)C1[O-]. The summed E-state index contributed by atoms with van der Waals surface area (Å²) in [5, 5.41) is 40.8. The average Bonchev–Trinajstić information content (AvgIpc) is 3.15. The molecule has 3 aromatic rings. The molecule has 4 rings (SSSR count). The quantitative estimate of drug-likeness (QED) is 0.546. The average molecular weight is 462 g/mol. The van der Waals surface area contributed by atoms with Crippen LogP contribution >= 0.6 is 0 Å². The smallest absolute Gasteiger partial charge is 0.270 e. The summed E-state index contributed by atoms with van der Waals surface area (Å²) in [7, 11) is 0. The Balaban J connectivity index is 1.49. The van der Waals surface area contributed by atoms with Crippen LogP contribution in [0.5, 0.6) is 0 Å². The van der Waals surface area contributed by atoms with Gasteiger partial charge in [-0.25, -0.2) is 4.68 Å². The predicted molar refractivity (Wildman–Crippen MR) is 129 cm³/mol. The lowest BCUT2D eigenvalue weighted by molar-refractivity contribution is -0.530. The highest BCUT2D eigenvalue weighted by Gasteiger charge is 2.42. The number of rotatable bonds is 6. The molecule has 0 spiro atoms. The number of aromatic amines is 1. The highest BCUT2D eigenvalue weighted by molar-refractivity contribution is 5.53. The van der Waals surface area contributed by atoms with Crippen molar-refractivity contribution in [1.29, 1.82) is 0 Å². The number of nitrogens with one attached hydrogen (secondary N) is 2. The van der Waals surface area contributed by atoms with Gasteiger partial charge in [0.05, 0.1) is 16.9 Å². The number of hydrogen-bond acceptors (Lipinski definition) is 6. The maximum absolute atomic E-state index is 13.1. The van der Waals surface area contributed by atoms with Crippen LogP contribution in [0.25, 0.3) is 0 Å². The van der Waals surface area contributed by atoms with Crippen LogP contribution in [0.3, 0.4) is 0 Å². The highest BCUT2D eigenvalue weighted by Crippen LogP contribution is 2.38. The first-order valence-electron chi connectivity index (χ1n) is 11.6. The molecule has 1 saturated carbocycles. The van der Waals surface area contributed by atoms with E-state index in [-0.39, 0.29) is 11.5 Å². The summed E-state index contributed by atoms with van der Waals surface area (Å²) in [6.45, 7) is 9.64. The summed E-state index contributed by atoms with van der Waals surface area (Å²) < 4.78 is 1.53. The predicted octanol–water partition coefficient (Wildman–Crippen LogP) is 3.51. The van der Waals surface area contributed by atoms with Gasteiger partial charge >= 0.3 is 0 Å². The van der Waals surface area contributed by atoms with Gasteiger partial charge in [-0.3, -0.25) is 9.89 Å². The molecule has 2 atom stereocenters. The third-order valence-electron chi connectivity index (χ3n) is 6.19. The first-order chi connectivity index (χ1) is 16.1. The Morgan fingerprint density at radius 2 is 1.50 bits per heavy atom. The van der Waals surface area contributed by atoms with E-state index in [1.807, 2.05) is 65.0 Å². The Morgan fingerprint density at radius 1 is 0.941 bits per heavy atom. The number of benzene rings is 2. The van der Waals surface area contributed by atoms with Crippen LogP contribution in [0, 0.1) is 0 Å². The molecule has 0 aliphatic heterocycles. The second kappa shape index (κ2) is 9.19. The van der Waals surface area contributed by atoms with Crippen LogP contribution < -0.4 is 21.1 Å². The molecule has 2 N–H and O–H groups in total. The molecule has 0 bridgehead atoms. The zero-order valence-electron chi connectivity index (χ0n) is 20.1. The zero-order valence-corrected chi connectivity index (χ0v) is 20.1. The summed E-state index contributed by atoms with van der Waals surface area (Å²) in [6.07, 6.45) is -2.43.